The maximum Gasteiger partial charge on any atom is 0.416 e. The molecule has 1 fully saturated rings. The van der Waals surface area contributed by atoms with Gasteiger partial charge in [0.2, 0.25) is 0 Å². The summed E-state index contributed by atoms with van der Waals surface area (Å²) in [5.41, 5.74) is 0.837. The first kappa shape index (κ1) is 20.3. The van der Waals surface area contributed by atoms with Gasteiger partial charge in [-0.25, -0.2) is 4.68 Å². The van der Waals surface area contributed by atoms with Gasteiger partial charge in [-0.05, 0) is 71.8 Å². The number of hydrogen-bond acceptors (Lipinski definition) is 5. The molecule has 1 atom stereocenters. The van der Waals surface area contributed by atoms with E-state index in [1.165, 1.54) is 12.1 Å². The van der Waals surface area contributed by atoms with E-state index in [0.29, 0.717) is 17.9 Å². The monoisotopic (exact) mass is 417 g/mol. The van der Waals surface area contributed by atoms with Crippen LogP contribution in [-0.4, -0.2) is 45.3 Å². The van der Waals surface area contributed by atoms with E-state index in [1.807, 2.05) is 24.3 Å². The van der Waals surface area contributed by atoms with E-state index >= 15 is 0 Å². The zero-order valence-corrected chi connectivity index (χ0v) is 16.5. The maximum absolute atomic E-state index is 13.3. The third kappa shape index (κ3) is 4.30. The molecule has 0 bridgehead atoms. The van der Waals surface area contributed by atoms with Crippen LogP contribution in [-0.2, 0) is 12.7 Å². The van der Waals surface area contributed by atoms with E-state index in [9.17, 15) is 13.2 Å². The van der Waals surface area contributed by atoms with Crippen LogP contribution in [0.15, 0.2) is 48.5 Å². The number of hydrogen-bond donors (Lipinski definition) is 0. The van der Waals surface area contributed by atoms with Crippen molar-refractivity contribution in [2.24, 2.45) is 0 Å². The zero-order valence-electron chi connectivity index (χ0n) is 16.5. The molecule has 2 aromatic carbocycles. The summed E-state index contributed by atoms with van der Waals surface area (Å²) in [5.74, 6) is 1.28. The quantitative estimate of drug-likeness (QED) is 0.608. The summed E-state index contributed by atoms with van der Waals surface area (Å²) >= 11 is 0. The predicted molar refractivity (Wildman–Crippen MR) is 104 cm³/mol. The smallest absolute Gasteiger partial charge is 0.416 e. The number of nitrogens with zero attached hydrogens (tertiary/aromatic N) is 5. The minimum Gasteiger partial charge on any atom is -0.497 e. The van der Waals surface area contributed by atoms with Gasteiger partial charge < -0.3 is 4.74 Å². The average Bonchev–Trinajstić information content (AvgIpc) is 3.42. The number of tetrazole rings is 1. The summed E-state index contributed by atoms with van der Waals surface area (Å²) in [7, 11) is 1.60. The molecule has 1 aliphatic heterocycles. The fourth-order valence-corrected chi connectivity index (χ4v) is 3.83. The molecule has 1 aromatic heterocycles. The van der Waals surface area contributed by atoms with Gasteiger partial charge in [0.05, 0.1) is 25.3 Å². The maximum atomic E-state index is 13.3. The fraction of sp³-hybridized carbons (Fsp3) is 0.381. The molecule has 3 aromatic rings. The van der Waals surface area contributed by atoms with Crippen molar-refractivity contribution in [2.75, 3.05) is 20.2 Å². The lowest BCUT2D eigenvalue weighted by atomic mass is 10.0. The molecule has 6 nitrogen and oxygen atoms in total. The average molecular weight is 417 g/mol. The molecule has 1 saturated heterocycles. The highest BCUT2D eigenvalue weighted by atomic mass is 19.4. The van der Waals surface area contributed by atoms with Crippen molar-refractivity contribution >= 4 is 0 Å². The zero-order chi connectivity index (χ0) is 21.1. The Labute approximate surface area is 172 Å². The van der Waals surface area contributed by atoms with Gasteiger partial charge in [0, 0.05) is 0 Å². The number of methoxy groups -OCH3 is 1. The van der Waals surface area contributed by atoms with Crippen molar-refractivity contribution < 1.29 is 17.9 Å². The third-order valence-electron chi connectivity index (χ3n) is 5.33. The number of likely N-dealkylation sites (tertiary alicyclic amines) is 1. The Kier molecular flexibility index (Phi) is 5.72. The lowest BCUT2D eigenvalue weighted by Crippen LogP contribution is -2.29. The topological polar surface area (TPSA) is 56.1 Å². The lowest BCUT2D eigenvalue weighted by molar-refractivity contribution is -0.137. The van der Waals surface area contributed by atoms with Crippen molar-refractivity contribution in [1.29, 1.82) is 0 Å². The summed E-state index contributed by atoms with van der Waals surface area (Å²) in [6, 6.07) is 12.5. The molecule has 0 amide bonds. The molecule has 4 rings (SSSR count). The summed E-state index contributed by atoms with van der Waals surface area (Å²) in [6.45, 7) is 1.99. The molecule has 1 unspecified atom stereocenters. The number of alkyl halides is 3. The summed E-state index contributed by atoms with van der Waals surface area (Å²) in [5, 5.41) is 12.2. The van der Waals surface area contributed by atoms with Gasteiger partial charge >= 0.3 is 6.18 Å². The molecule has 1 aliphatic rings. The summed E-state index contributed by atoms with van der Waals surface area (Å²) in [6.07, 6.45) is -2.41. The SMILES string of the molecule is COc1ccc(Cn2nnnc2C(c2cccc(C(F)(F)F)c2)N2CCCC2)cc1. The Morgan fingerprint density at radius 2 is 1.80 bits per heavy atom. The fourth-order valence-electron chi connectivity index (χ4n) is 3.83. The number of rotatable bonds is 6. The van der Waals surface area contributed by atoms with Gasteiger partial charge in [-0.15, -0.1) is 5.10 Å². The molecule has 9 heteroatoms. The van der Waals surface area contributed by atoms with Crippen LogP contribution >= 0.6 is 0 Å². The number of benzene rings is 2. The van der Waals surface area contributed by atoms with Crippen LogP contribution in [0.3, 0.4) is 0 Å². The predicted octanol–water partition coefficient (Wildman–Crippen LogP) is 3.93. The van der Waals surface area contributed by atoms with Crippen LogP contribution in [0.2, 0.25) is 0 Å². The normalized spacial score (nSPS) is 16.0. The second-order valence-electron chi connectivity index (χ2n) is 7.31. The largest absolute Gasteiger partial charge is 0.497 e. The number of aromatic nitrogens is 4. The molecule has 0 N–H and O–H groups in total. The Morgan fingerprint density at radius 1 is 1.07 bits per heavy atom. The Morgan fingerprint density at radius 3 is 2.47 bits per heavy atom. The first-order valence-electron chi connectivity index (χ1n) is 9.76. The van der Waals surface area contributed by atoms with Crippen LogP contribution in [0.1, 0.15) is 41.4 Å². The van der Waals surface area contributed by atoms with E-state index in [-0.39, 0.29) is 0 Å². The van der Waals surface area contributed by atoms with E-state index in [1.54, 1.807) is 17.9 Å². The second-order valence-corrected chi connectivity index (χ2v) is 7.31. The molecule has 0 saturated carbocycles. The Bertz CT molecular complexity index is 981. The highest BCUT2D eigenvalue weighted by molar-refractivity contribution is 5.32. The number of halogens is 3. The van der Waals surface area contributed by atoms with Crippen LogP contribution in [0, 0.1) is 0 Å². The lowest BCUT2D eigenvalue weighted by Gasteiger charge is -2.27. The van der Waals surface area contributed by atoms with Crippen LogP contribution in [0.25, 0.3) is 0 Å². The molecule has 2 heterocycles. The van der Waals surface area contributed by atoms with Crippen molar-refractivity contribution in [3.05, 3.63) is 71.0 Å². The highest BCUT2D eigenvalue weighted by Crippen LogP contribution is 2.35. The molecule has 0 aliphatic carbocycles. The van der Waals surface area contributed by atoms with Crippen molar-refractivity contribution in [3.8, 4) is 5.75 Å². The van der Waals surface area contributed by atoms with Gasteiger partial charge in [-0.3, -0.25) is 4.90 Å². The first-order chi connectivity index (χ1) is 14.5. The van der Waals surface area contributed by atoms with Gasteiger partial charge in [-0.1, -0.05) is 24.3 Å². The highest BCUT2D eigenvalue weighted by Gasteiger charge is 2.34. The summed E-state index contributed by atoms with van der Waals surface area (Å²) < 4.78 is 46.8. The van der Waals surface area contributed by atoms with Crippen LogP contribution < -0.4 is 4.74 Å². The molecule has 0 radical (unpaired) electrons. The summed E-state index contributed by atoms with van der Waals surface area (Å²) in [4.78, 5) is 2.14. The standard InChI is InChI=1S/C21H22F3N5O/c1-30-18-9-7-15(8-10-18)14-29-20(25-26-27-29)19(28-11-2-3-12-28)16-5-4-6-17(13-16)21(22,23)24/h4-10,13,19H,2-3,11-12,14H2,1H3. The molecule has 30 heavy (non-hydrogen) atoms. The van der Waals surface area contributed by atoms with Crippen molar-refractivity contribution in [3.63, 3.8) is 0 Å². The minimum atomic E-state index is -4.40. The number of ether oxygens (including phenoxy) is 1. The molecule has 0 spiro atoms. The van der Waals surface area contributed by atoms with Gasteiger partial charge in [-0.2, -0.15) is 13.2 Å². The van der Waals surface area contributed by atoms with E-state index in [0.717, 1.165) is 43.3 Å². The minimum absolute atomic E-state index is 0.412. The molecular formula is C21H22F3N5O. The van der Waals surface area contributed by atoms with E-state index in [2.05, 4.69) is 20.4 Å². The van der Waals surface area contributed by atoms with E-state index in [4.69, 9.17) is 4.74 Å². The third-order valence-corrected chi connectivity index (χ3v) is 5.33. The van der Waals surface area contributed by atoms with Crippen molar-refractivity contribution in [2.45, 2.75) is 31.6 Å². The van der Waals surface area contributed by atoms with Crippen molar-refractivity contribution in [1.82, 2.24) is 25.1 Å². The molecule has 158 valence electrons. The van der Waals surface area contributed by atoms with Gasteiger partial charge in [0.1, 0.15) is 5.75 Å². The Hall–Kier alpha value is -2.94. The van der Waals surface area contributed by atoms with Gasteiger partial charge in [0.25, 0.3) is 0 Å². The first-order valence-corrected chi connectivity index (χ1v) is 9.76. The van der Waals surface area contributed by atoms with Crippen LogP contribution in [0.4, 0.5) is 13.2 Å². The van der Waals surface area contributed by atoms with E-state index < -0.39 is 17.8 Å². The Balaban J connectivity index is 1.70. The van der Waals surface area contributed by atoms with Crippen LogP contribution in [0.5, 0.6) is 5.75 Å². The molecular weight excluding hydrogens is 395 g/mol. The van der Waals surface area contributed by atoms with Gasteiger partial charge in [0.15, 0.2) is 5.82 Å². The second kappa shape index (κ2) is 8.43.